The Morgan fingerprint density at radius 1 is 0.643 bits per heavy atom. The normalized spacial score (nSPS) is 16.9. The molecule has 4 rings (SSSR count). The van der Waals surface area contributed by atoms with Crippen LogP contribution in [0.1, 0.15) is 47.9 Å². The number of aliphatic imine (C=N–C) groups is 2. The highest BCUT2D eigenvalue weighted by Crippen LogP contribution is 2.31. The smallest absolute Gasteiger partial charge is 0.195 e. The van der Waals surface area contributed by atoms with Crippen molar-refractivity contribution in [1.29, 1.82) is 0 Å². The maximum atomic E-state index is 9.70. The lowest BCUT2D eigenvalue weighted by Gasteiger charge is -2.19. The summed E-state index contributed by atoms with van der Waals surface area (Å²) >= 11 is 0. The predicted molar refractivity (Wildman–Crippen MR) is 110 cm³/mol. The first-order valence-corrected chi connectivity index (χ1v) is 9.99. The topological polar surface area (TPSA) is 89.2 Å². The summed E-state index contributed by atoms with van der Waals surface area (Å²) in [6.07, 6.45) is 8.70. The highest BCUT2D eigenvalue weighted by molar-refractivity contribution is 6.40. The van der Waals surface area contributed by atoms with Crippen molar-refractivity contribution in [2.75, 3.05) is 0 Å². The van der Waals surface area contributed by atoms with Gasteiger partial charge in [-0.2, -0.15) is 0 Å². The summed E-state index contributed by atoms with van der Waals surface area (Å²) in [5.41, 5.74) is 10.8. The van der Waals surface area contributed by atoms with Crippen LogP contribution >= 0.6 is 0 Å². The molecule has 0 atom stereocenters. The number of benzene rings is 2. The van der Waals surface area contributed by atoms with Crippen molar-refractivity contribution in [1.82, 2.24) is 11.0 Å². The molecule has 6 heteroatoms. The minimum atomic E-state index is 0.0925. The van der Waals surface area contributed by atoms with Crippen molar-refractivity contribution < 1.29 is 10.4 Å². The van der Waals surface area contributed by atoms with Gasteiger partial charge in [-0.3, -0.25) is 10.4 Å². The number of amidine groups is 2. The first-order chi connectivity index (χ1) is 13.8. The SMILES string of the molecule is ONC(=Nc1cccc2c1CCCC2)C(=Nc1cccc2c1CCCC2)NO. The van der Waals surface area contributed by atoms with E-state index in [-0.39, 0.29) is 11.7 Å². The van der Waals surface area contributed by atoms with Crippen molar-refractivity contribution in [3.05, 3.63) is 58.7 Å². The second kappa shape index (κ2) is 8.54. The highest BCUT2D eigenvalue weighted by Gasteiger charge is 2.17. The fourth-order valence-electron chi connectivity index (χ4n) is 4.23. The number of nitrogens with zero attached hydrogens (tertiary/aromatic N) is 2. The first kappa shape index (κ1) is 18.7. The van der Waals surface area contributed by atoms with Crippen LogP contribution in [0.3, 0.4) is 0 Å². The lowest BCUT2D eigenvalue weighted by atomic mass is 9.90. The van der Waals surface area contributed by atoms with Gasteiger partial charge in [0.05, 0.1) is 11.4 Å². The minimum absolute atomic E-state index is 0.0925. The predicted octanol–water partition coefficient (Wildman–Crippen LogP) is 4.16. The molecule has 0 bridgehead atoms. The summed E-state index contributed by atoms with van der Waals surface area (Å²) in [6, 6.07) is 12.1. The zero-order valence-corrected chi connectivity index (χ0v) is 15.9. The van der Waals surface area contributed by atoms with Crippen molar-refractivity contribution >= 4 is 23.0 Å². The quantitative estimate of drug-likeness (QED) is 0.359. The molecule has 0 spiro atoms. The zero-order valence-electron chi connectivity index (χ0n) is 15.9. The number of hydrogen-bond donors (Lipinski definition) is 4. The van der Waals surface area contributed by atoms with Gasteiger partial charge in [-0.1, -0.05) is 24.3 Å². The third-order valence-corrected chi connectivity index (χ3v) is 5.64. The van der Waals surface area contributed by atoms with Crippen LogP contribution < -0.4 is 11.0 Å². The monoisotopic (exact) mass is 378 g/mol. The molecule has 0 fully saturated rings. The Kier molecular flexibility index (Phi) is 5.69. The standard InChI is InChI=1S/C22H26N4O2/c27-25-21(23-19-13-5-9-15-7-1-3-11-17(15)19)22(26-28)24-20-14-6-10-16-8-2-4-12-18(16)20/h5-6,9-10,13-14,27-28H,1-4,7-8,11-12H2,(H,23,25)(H,24,26). The zero-order chi connectivity index (χ0) is 19.3. The Bertz CT molecular complexity index is 845. The molecule has 146 valence electrons. The van der Waals surface area contributed by atoms with Crippen LogP contribution in [0, 0.1) is 0 Å². The van der Waals surface area contributed by atoms with Gasteiger partial charge in [0.25, 0.3) is 0 Å². The third kappa shape index (κ3) is 3.79. The molecule has 6 nitrogen and oxygen atoms in total. The Hall–Kier alpha value is -2.70. The minimum Gasteiger partial charge on any atom is -0.290 e. The number of rotatable bonds is 2. The Morgan fingerprint density at radius 2 is 1.07 bits per heavy atom. The van der Waals surface area contributed by atoms with Gasteiger partial charge in [0.15, 0.2) is 11.7 Å². The second-order valence-electron chi connectivity index (χ2n) is 7.39. The van der Waals surface area contributed by atoms with Gasteiger partial charge in [0.1, 0.15) is 0 Å². The van der Waals surface area contributed by atoms with Crippen LogP contribution in [0.4, 0.5) is 11.4 Å². The van der Waals surface area contributed by atoms with Gasteiger partial charge in [0, 0.05) is 0 Å². The molecule has 28 heavy (non-hydrogen) atoms. The molecule has 0 aliphatic heterocycles. The van der Waals surface area contributed by atoms with E-state index in [0.29, 0.717) is 0 Å². The molecule has 2 aromatic rings. The van der Waals surface area contributed by atoms with E-state index in [4.69, 9.17) is 0 Å². The molecule has 2 aliphatic carbocycles. The average Bonchev–Trinajstić information content (AvgIpc) is 2.76. The van der Waals surface area contributed by atoms with Gasteiger partial charge >= 0.3 is 0 Å². The van der Waals surface area contributed by atoms with E-state index in [9.17, 15) is 10.4 Å². The summed E-state index contributed by atoms with van der Waals surface area (Å²) in [5, 5.41) is 19.4. The Balaban J connectivity index is 1.73. The lowest BCUT2D eigenvalue weighted by molar-refractivity contribution is 0.223. The van der Waals surface area contributed by atoms with E-state index >= 15 is 0 Å². The molecular weight excluding hydrogens is 352 g/mol. The van der Waals surface area contributed by atoms with Gasteiger partial charge < -0.3 is 0 Å². The largest absolute Gasteiger partial charge is 0.290 e. The summed E-state index contributed by atoms with van der Waals surface area (Å²) in [4.78, 5) is 9.14. The molecule has 2 aromatic carbocycles. The summed E-state index contributed by atoms with van der Waals surface area (Å²) in [6.45, 7) is 0. The first-order valence-electron chi connectivity index (χ1n) is 9.99. The van der Waals surface area contributed by atoms with Crippen LogP contribution in [0.2, 0.25) is 0 Å². The molecule has 0 aromatic heterocycles. The molecule has 0 saturated carbocycles. The van der Waals surface area contributed by atoms with E-state index in [1.54, 1.807) is 0 Å². The van der Waals surface area contributed by atoms with Crippen LogP contribution in [-0.4, -0.2) is 22.1 Å². The number of hydrogen-bond acceptors (Lipinski definition) is 4. The van der Waals surface area contributed by atoms with Gasteiger partial charge in [-0.25, -0.2) is 20.9 Å². The van der Waals surface area contributed by atoms with Gasteiger partial charge in [0.2, 0.25) is 0 Å². The molecule has 0 radical (unpaired) electrons. The number of aryl methyl sites for hydroxylation is 2. The molecule has 0 amide bonds. The van der Waals surface area contributed by atoms with Gasteiger partial charge in [-0.15, -0.1) is 0 Å². The highest BCUT2D eigenvalue weighted by atomic mass is 16.5. The molecule has 0 saturated heterocycles. The van der Waals surface area contributed by atoms with Crippen molar-refractivity contribution in [3.8, 4) is 0 Å². The average molecular weight is 378 g/mol. The maximum absolute atomic E-state index is 9.70. The van der Waals surface area contributed by atoms with Crippen molar-refractivity contribution in [2.24, 2.45) is 9.98 Å². The molecule has 4 N–H and O–H groups in total. The van der Waals surface area contributed by atoms with E-state index in [2.05, 4.69) is 33.1 Å². The maximum Gasteiger partial charge on any atom is 0.195 e. The molecular formula is C22H26N4O2. The van der Waals surface area contributed by atoms with E-state index < -0.39 is 0 Å². The molecule has 2 aliphatic rings. The van der Waals surface area contributed by atoms with E-state index in [1.807, 2.05) is 24.3 Å². The van der Waals surface area contributed by atoms with Gasteiger partial charge in [-0.05, 0) is 85.8 Å². The Labute approximate surface area is 165 Å². The van der Waals surface area contributed by atoms with Crippen LogP contribution in [0.5, 0.6) is 0 Å². The van der Waals surface area contributed by atoms with Crippen LogP contribution in [-0.2, 0) is 25.7 Å². The number of hydroxylamine groups is 2. The van der Waals surface area contributed by atoms with Crippen LogP contribution in [0.15, 0.2) is 46.4 Å². The summed E-state index contributed by atoms with van der Waals surface area (Å²) in [7, 11) is 0. The summed E-state index contributed by atoms with van der Waals surface area (Å²) < 4.78 is 0. The van der Waals surface area contributed by atoms with Crippen molar-refractivity contribution in [3.63, 3.8) is 0 Å². The molecule has 0 unspecified atom stereocenters. The fraction of sp³-hybridized carbons (Fsp3) is 0.364. The lowest BCUT2D eigenvalue weighted by Crippen LogP contribution is -2.37. The third-order valence-electron chi connectivity index (χ3n) is 5.64. The van der Waals surface area contributed by atoms with Crippen LogP contribution in [0.25, 0.3) is 0 Å². The summed E-state index contributed by atoms with van der Waals surface area (Å²) in [5.74, 6) is 0.185. The van der Waals surface area contributed by atoms with E-state index in [1.165, 1.54) is 35.1 Å². The molecule has 0 heterocycles. The fourth-order valence-corrected chi connectivity index (χ4v) is 4.23. The number of nitrogens with one attached hydrogen (secondary N) is 2. The van der Waals surface area contributed by atoms with E-state index in [0.717, 1.165) is 49.9 Å². The Morgan fingerprint density at radius 3 is 1.50 bits per heavy atom. The second-order valence-corrected chi connectivity index (χ2v) is 7.39. The number of fused-ring (bicyclic) bond motifs is 2. The van der Waals surface area contributed by atoms with Crippen molar-refractivity contribution in [2.45, 2.75) is 51.4 Å².